The van der Waals surface area contributed by atoms with Gasteiger partial charge in [0, 0.05) is 31.6 Å². The summed E-state index contributed by atoms with van der Waals surface area (Å²) in [4.78, 5) is 8.68. The molecule has 0 spiro atoms. The van der Waals surface area contributed by atoms with Crippen molar-refractivity contribution in [2.45, 2.75) is 63.8 Å². The van der Waals surface area contributed by atoms with Crippen molar-refractivity contribution in [1.82, 2.24) is 25.4 Å². The van der Waals surface area contributed by atoms with E-state index < -0.39 is 0 Å². The SMILES string of the molecule is CN=C(NCc1cccc(OC)c1OC1CCCC1)NC1CCc2ncnn2C1.I. The summed E-state index contributed by atoms with van der Waals surface area (Å²) in [7, 11) is 3.48. The number of benzene rings is 1. The molecule has 1 aliphatic carbocycles. The normalized spacial score (nSPS) is 19.0. The van der Waals surface area contributed by atoms with E-state index in [0.29, 0.717) is 6.54 Å². The van der Waals surface area contributed by atoms with E-state index in [1.165, 1.54) is 12.8 Å². The zero-order valence-electron chi connectivity index (χ0n) is 17.6. The molecule has 2 aromatic rings. The van der Waals surface area contributed by atoms with Crippen molar-refractivity contribution in [2.24, 2.45) is 4.99 Å². The van der Waals surface area contributed by atoms with Gasteiger partial charge in [-0.05, 0) is 38.2 Å². The molecule has 2 aliphatic rings. The summed E-state index contributed by atoms with van der Waals surface area (Å²) >= 11 is 0. The molecule has 0 bridgehead atoms. The molecular weight excluding hydrogens is 495 g/mol. The maximum absolute atomic E-state index is 6.33. The first-order valence-corrected chi connectivity index (χ1v) is 10.4. The van der Waals surface area contributed by atoms with Crippen LogP contribution in [-0.2, 0) is 19.5 Å². The van der Waals surface area contributed by atoms with Crippen molar-refractivity contribution in [3.05, 3.63) is 35.9 Å². The van der Waals surface area contributed by atoms with Crippen LogP contribution in [0.25, 0.3) is 0 Å². The Morgan fingerprint density at radius 1 is 1.27 bits per heavy atom. The van der Waals surface area contributed by atoms with Gasteiger partial charge in [0.1, 0.15) is 12.2 Å². The van der Waals surface area contributed by atoms with Crippen LogP contribution < -0.4 is 20.1 Å². The summed E-state index contributed by atoms with van der Waals surface area (Å²) in [6.45, 7) is 1.41. The van der Waals surface area contributed by atoms with Gasteiger partial charge in [0.2, 0.25) is 0 Å². The number of hydrogen-bond donors (Lipinski definition) is 2. The lowest BCUT2D eigenvalue weighted by Crippen LogP contribution is -2.46. The van der Waals surface area contributed by atoms with Gasteiger partial charge in [-0.1, -0.05) is 12.1 Å². The van der Waals surface area contributed by atoms with E-state index in [0.717, 1.165) is 61.1 Å². The Morgan fingerprint density at radius 3 is 2.87 bits per heavy atom. The number of para-hydroxylation sites is 1. The molecule has 2 N–H and O–H groups in total. The number of hydrogen-bond acceptors (Lipinski definition) is 5. The van der Waals surface area contributed by atoms with Crippen LogP contribution in [-0.4, -0.2) is 47.0 Å². The van der Waals surface area contributed by atoms with Gasteiger partial charge in [-0.25, -0.2) is 9.67 Å². The minimum Gasteiger partial charge on any atom is -0.493 e. The molecule has 8 nitrogen and oxygen atoms in total. The second-order valence-electron chi connectivity index (χ2n) is 7.64. The van der Waals surface area contributed by atoms with E-state index in [-0.39, 0.29) is 36.1 Å². The van der Waals surface area contributed by atoms with Crippen molar-refractivity contribution in [3.63, 3.8) is 0 Å². The van der Waals surface area contributed by atoms with Crippen LogP contribution in [0.1, 0.15) is 43.5 Å². The monoisotopic (exact) mass is 526 g/mol. The number of nitrogens with one attached hydrogen (secondary N) is 2. The number of halogens is 1. The van der Waals surface area contributed by atoms with Gasteiger partial charge in [-0.2, -0.15) is 5.10 Å². The van der Waals surface area contributed by atoms with E-state index in [1.54, 1.807) is 20.5 Å². The first-order chi connectivity index (χ1) is 14.3. The van der Waals surface area contributed by atoms with Crippen LogP contribution in [0, 0.1) is 0 Å². The quantitative estimate of drug-likeness (QED) is 0.342. The average Bonchev–Trinajstić information content (AvgIpc) is 3.43. The molecule has 0 amide bonds. The van der Waals surface area contributed by atoms with Crippen molar-refractivity contribution < 1.29 is 9.47 Å². The topological polar surface area (TPSA) is 85.6 Å². The Kier molecular flexibility index (Phi) is 8.17. The fourth-order valence-corrected chi connectivity index (χ4v) is 4.09. The fourth-order valence-electron chi connectivity index (χ4n) is 4.09. The predicted molar refractivity (Wildman–Crippen MR) is 127 cm³/mol. The lowest BCUT2D eigenvalue weighted by Gasteiger charge is -2.26. The molecule has 1 aromatic heterocycles. The molecule has 4 rings (SSSR count). The minimum atomic E-state index is 0. The maximum atomic E-state index is 6.33. The summed E-state index contributed by atoms with van der Waals surface area (Å²) in [5, 5.41) is 11.2. The smallest absolute Gasteiger partial charge is 0.191 e. The third-order valence-corrected chi connectivity index (χ3v) is 5.68. The fraction of sp³-hybridized carbons (Fsp3) is 0.571. The Morgan fingerprint density at radius 2 is 2.10 bits per heavy atom. The number of aromatic nitrogens is 3. The van der Waals surface area contributed by atoms with E-state index >= 15 is 0 Å². The van der Waals surface area contributed by atoms with E-state index in [9.17, 15) is 0 Å². The highest BCUT2D eigenvalue weighted by Gasteiger charge is 2.22. The van der Waals surface area contributed by atoms with Crippen molar-refractivity contribution in [3.8, 4) is 11.5 Å². The van der Waals surface area contributed by atoms with Crippen LogP contribution >= 0.6 is 24.0 Å². The van der Waals surface area contributed by atoms with E-state index in [2.05, 4.69) is 31.8 Å². The third kappa shape index (κ3) is 5.35. The molecule has 1 saturated carbocycles. The molecule has 1 aromatic carbocycles. The van der Waals surface area contributed by atoms with Crippen molar-refractivity contribution >= 4 is 29.9 Å². The van der Waals surface area contributed by atoms with Gasteiger partial charge in [-0.3, -0.25) is 4.99 Å². The van der Waals surface area contributed by atoms with Crippen molar-refractivity contribution in [2.75, 3.05) is 14.2 Å². The van der Waals surface area contributed by atoms with Gasteiger partial charge in [-0.15, -0.1) is 24.0 Å². The number of guanidine groups is 1. The van der Waals surface area contributed by atoms with Gasteiger partial charge in [0.25, 0.3) is 0 Å². The average molecular weight is 526 g/mol. The van der Waals surface area contributed by atoms with Crippen LogP contribution in [0.5, 0.6) is 11.5 Å². The Balaban J connectivity index is 0.00000256. The van der Waals surface area contributed by atoms with E-state index in [1.807, 2.05) is 16.8 Å². The van der Waals surface area contributed by atoms with Crippen LogP contribution in [0.3, 0.4) is 0 Å². The third-order valence-electron chi connectivity index (χ3n) is 5.68. The van der Waals surface area contributed by atoms with Gasteiger partial charge >= 0.3 is 0 Å². The molecule has 9 heteroatoms. The molecule has 1 unspecified atom stereocenters. The number of ether oxygens (including phenoxy) is 2. The van der Waals surface area contributed by atoms with Crippen LogP contribution in [0.15, 0.2) is 29.5 Å². The second kappa shape index (κ2) is 10.8. The molecule has 164 valence electrons. The lowest BCUT2D eigenvalue weighted by atomic mass is 10.1. The van der Waals surface area contributed by atoms with Crippen LogP contribution in [0.2, 0.25) is 0 Å². The number of aliphatic imine (C=N–C) groups is 1. The highest BCUT2D eigenvalue weighted by molar-refractivity contribution is 14.0. The molecule has 2 heterocycles. The number of methoxy groups -OCH3 is 1. The van der Waals surface area contributed by atoms with Gasteiger partial charge in [0.15, 0.2) is 17.5 Å². The van der Waals surface area contributed by atoms with Crippen molar-refractivity contribution in [1.29, 1.82) is 0 Å². The molecular formula is C21H31IN6O2. The molecule has 0 saturated heterocycles. The highest BCUT2D eigenvalue weighted by atomic mass is 127. The largest absolute Gasteiger partial charge is 0.493 e. The standard InChI is InChI=1S/C21H30N6O2.HI/c1-22-21(26-16-10-11-19-24-14-25-27(19)13-16)23-12-15-6-5-9-18(28-2)20(15)29-17-7-3-4-8-17;/h5-6,9,14,16-17H,3-4,7-8,10-13H2,1-2H3,(H2,22,23,26);1H. The zero-order chi connectivity index (χ0) is 20.1. The number of rotatable bonds is 6. The molecule has 1 atom stereocenters. The lowest BCUT2D eigenvalue weighted by molar-refractivity contribution is 0.198. The number of aryl methyl sites for hydroxylation is 1. The summed E-state index contributed by atoms with van der Waals surface area (Å²) in [6.07, 6.45) is 8.53. The first kappa shape index (κ1) is 22.6. The Labute approximate surface area is 194 Å². The Hall–Kier alpha value is -2.04. The number of fused-ring (bicyclic) bond motifs is 1. The summed E-state index contributed by atoms with van der Waals surface area (Å²) in [5.41, 5.74) is 1.07. The van der Waals surface area contributed by atoms with Crippen LogP contribution in [0.4, 0.5) is 0 Å². The highest BCUT2D eigenvalue weighted by Crippen LogP contribution is 2.34. The molecule has 1 fully saturated rings. The molecule has 1 aliphatic heterocycles. The summed E-state index contributed by atoms with van der Waals surface area (Å²) < 4.78 is 13.9. The van der Waals surface area contributed by atoms with E-state index in [4.69, 9.17) is 9.47 Å². The summed E-state index contributed by atoms with van der Waals surface area (Å²) in [5.74, 6) is 3.45. The Bertz CT molecular complexity index is 850. The minimum absolute atomic E-state index is 0. The predicted octanol–water partition coefficient (Wildman–Crippen LogP) is 2.91. The number of nitrogens with zero attached hydrogens (tertiary/aromatic N) is 4. The second-order valence-corrected chi connectivity index (χ2v) is 7.64. The first-order valence-electron chi connectivity index (χ1n) is 10.4. The summed E-state index contributed by atoms with van der Waals surface area (Å²) in [6, 6.07) is 6.31. The zero-order valence-corrected chi connectivity index (χ0v) is 20.0. The molecule has 0 radical (unpaired) electrons. The maximum Gasteiger partial charge on any atom is 0.191 e. The molecule has 30 heavy (non-hydrogen) atoms. The van der Waals surface area contributed by atoms with Gasteiger partial charge < -0.3 is 20.1 Å². The van der Waals surface area contributed by atoms with Gasteiger partial charge in [0.05, 0.1) is 19.8 Å².